The Hall–Kier alpha value is -2.62. The number of fused-ring (bicyclic) bond motifs is 3. The average molecular weight is 489 g/mol. The van der Waals surface area contributed by atoms with Crippen molar-refractivity contribution in [1.29, 1.82) is 0 Å². The lowest BCUT2D eigenvalue weighted by Crippen LogP contribution is -2.48. The molecule has 1 aromatic carbocycles. The van der Waals surface area contributed by atoms with Gasteiger partial charge in [-0.2, -0.15) is 9.36 Å². The van der Waals surface area contributed by atoms with Crippen LogP contribution < -0.4 is 10.2 Å². The van der Waals surface area contributed by atoms with Crippen molar-refractivity contribution in [1.82, 2.24) is 19.1 Å². The van der Waals surface area contributed by atoms with Gasteiger partial charge in [-0.15, -0.1) is 5.10 Å². The van der Waals surface area contributed by atoms with Crippen LogP contribution in [0.3, 0.4) is 0 Å². The summed E-state index contributed by atoms with van der Waals surface area (Å²) >= 11 is 1.56. The highest BCUT2D eigenvalue weighted by molar-refractivity contribution is 7.10. The molecule has 34 heavy (non-hydrogen) atoms. The number of benzene rings is 1. The number of hydrogen-bond acceptors (Lipinski definition) is 6. The second-order valence-corrected chi connectivity index (χ2v) is 10.8. The number of halogens is 3. The molecule has 2 bridgehead atoms. The molecule has 4 heterocycles. The molecule has 0 amide bonds. The molecule has 180 valence electrons. The van der Waals surface area contributed by atoms with Crippen LogP contribution in [0.25, 0.3) is 0 Å². The van der Waals surface area contributed by atoms with E-state index in [1.165, 1.54) is 5.00 Å². The molecule has 1 aliphatic carbocycles. The lowest BCUT2D eigenvalue weighted by atomic mass is 9.90. The molecule has 3 aromatic rings. The van der Waals surface area contributed by atoms with Gasteiger partial charge in [-0.1, -0.05) is 6.92 Å². The monoisotopic (exact) mass is 488 g/mol. The Balaban J connectivity index is 1.24. The summed E-state index contributed by atoms with van der Waals surface area (Å²) in [6.45, 7) is 7.00. The molecule has 1 saturated carbocycles. The van der Waals surface area contributed by atoms with Gasteiger partial charge >= 0.3 is 0 Å². The van der Waals surface area contributed by atoms with E-state index in [2.05, 4.69) is 27.6 Å². The fraction of sp³-hybridized carbons (Fsp3) is 0.542. The van der Waals surface area contributed by atoms with E-state index in [1.54, 1.807) is 11.5 Å². The molecular formula is C24H27F3N6S. The van der Waals surface area contributed by atoms with Gasteiger partial charge in [0.25, 0.3) is 0 Å². The second-order valence-electron chi connectivity index (χ2n) is 10.0. The van der Waals surface area contributed by atoms with Gasteiger partial charge in [-0.05, 0) is 79.2 Å². The first-order chi connectivity index (χ1) is 16.4. The minimum Gasteiger partial charge on any atom is -0.361 e. The van der Waals surface area contributed by atoms with E-state index in [0.29, 0.717) is 48.1 Å². The lowest BCUT2D eigenvalue weighted by molar-refractivity contribution is 0.352. The van der Waals surface area contributed by atoms with Crippen LogP contribution >= 0.6 is 11.5 Å². The van der Waals surface area contributed by atoms with Crippen LogP contribution in [0.5, 0.6) is 0 Å². The van der Waals surface area contributed by atoms with Crippen molar-refractivity contribution in [2.45, 2.75) is 51.6 Å². The van der Waals surface area contributed by atoms with Gasteiger partial charge in [0.1, 0.15) is 10.8 Å². The van der Waals surface area contributed by atoms with Gasteiger partial charge < -0.3 is 10.2 Å². The van der Waals surface area contributed by atoms with Gasteiger partial charge in [-0.25, -0.2) is 17.9 Å². The molecule has 1 N–H and O–H groups in total. The third-order valence-corrected chi connectivity index (χ3v) is 8.71. The highest BCUT2D eigenvalue weighted by Crippen LogP contribution is 2.44. The number of piperidine rings is 1. The number of nitrogens with one attached hydrogen (secondary N) is 1. The molecule has 3 aliphatic rings. The first-order valence-corrected chi connectivity index (χ1v) is 12.7. The fourth-order valence-electron chi connectivity index (χ4n) is 6.15. The molecule has 2 unspecified atom stereocenters. The van der Waals surface area contributed by atoms with E-state index in [4.69, 9.17) is 10.1 Å². The maximum atomic E-state index is 13.9. The highest BCUT2D eigenvalue weighted by atomic mass is 32.1. The second kappa shape index (κ2) is 8.25. The smallest absolute Gasteiger partial charge is 0.242 e. The van der Waals surface area contributed by atoms with E-state index in [-0.39, 0.29) is 12.0 Å². The van der Waals surface area contributed by atoms with E-state index in [0.717, 1.165) is 43.8 Å². The molecule has 2 fully saturated rings. The quantitative estimate of drug-likeness (QED) is 0.526. The predicted molar refractivity (Wildman–Crippen MR) is 125 cm³/mol. The maximum absolute atomic E-state index is 13.9. The van der Waals surface area contributed by atoms with Crippen LogP contribution in [0.1, 0.15) is 49.2 Å². The van der Waals surface area contributed by atoms with Crippen LogP contribution in [-0.4, -0.2) is 38.3 Å². The van der Waals surface area contributed by atoms with Crippen molar-refractivity contribution in [2.75, 3.05) is 23.3 Å². The third-order valence-electron chi connectivity index (χ3n) is 7.77. The summed E-state index contributed by atoms with van der Waals surface area (Å²) in [5, 5.41) is 9.55. The van der Waals surface area contributed by atoms with E-state index in [1.807, 2.05) is 11.6 Å². The van der Waals surface area contributed by atoms with E-state index < -0.39 is 17.5 Å². The van der Waals surface area contributed by atoms with Crippen molar-refractivity contribution in [3.05, 3.63) is 52.7 Å². The minimum absolute atomic E-state index is 0.281. The van der Waals surface area contributed by atoms with Crippen molar-refractivity contribution in [3.8, 4) is 0 Å². The first-order valence-electron chi connectivity index (χ1n) is 11.9. The van der Waals surface area contributed by atoms with Crippen LogP contribution in [-0.2, 0) is 6.54 Å². The Bertz CT molecular complexity index is 1200. The standard InChI is InChI=1S/C24H27F3N6S/c1-12-6-15-10-32(20-7-13(2)31-34-20)11-17(12)22(15)28-24-29-23-16(4-3-5-33(23)30-24)14-8-18(25)21(27)19(26)9-14/h7-9,12,15-17,22H,3-6,10-11H2,1-2H3,(H,28,30)/t12?,15-,16?,17-,22-/m0/s1. The average Bonchev–Trinajstić information content (AvgIpc) is 3.47. The Morgan fingerprint density at radius 1 is 1.12 bits per heavy atom. The van der Waals surface area contributed by atoms with Crippen LogP contribution in [0, 0.1) is 42.1 Å². The molecule has 0 radical (unpaired) electrons. The highest BCUT2D eigenvalue weighted by Gasteiger charge is 2.47. The number of aryl methyl sites for hydroxylation is 2. The Kier molecular flexibility index (Phi) is 5.31. The molecule has 2 aliphatic heterocycles. The van der Waals surface area contributed by atoms with E-state index >= 15 is 0 Å². The number of rotatable bonds is 4. The zero-order valence-electron chi connectivity index (χ0n) is 19.1. The molecule has 5 atom stereocenters. The molecule has 10 heteroatoms. The van der Waals surface area contributed by atoms with E-state index in [9.17, 15) is 13.2 Å². The topological polar surface area (TPSA) is 58.9 Å². The van der Waals surface area contributed by atoms with Gasteiger partial charge in [0.05, 0.1) is 5.69 Å². The zero-order chi connectivity index (χ0) is 23.6. The van der Waals surface area contributed by atoms with Crippen LogP contribution in [0.4, 0.5) is 24.1 Å². The van der Waals surface area contributed by atoms with Gasteiger partial charge in [-0.3, -0.25) is 0 Å². The summed E-state index contributed by atoms with van der Waals surface area (Å²) in [6.07, 6.45) is 2.66. The summed E-state index contributed by atoms with van der Waals surface area (Å²) in [6, 6.07) is 4.61. The van der Waals surface area contributed by atoms with Gasteiger partial charge in [0.15, 0.2) is 17.5 Å². The number of nitrogens with zero attached hydrogens (tertiary/aromatic N) is 5. The minimum atomic E-state index is -1.44. The molecule has 1 saturated heterocycles. The molecule has 6 nitrogen and oxygen atoms in total. The normalized spacial score (nSPS) is 28.3. The summed E-state index contributed by atoms with van der Waals surface area (Å²) in [7, 11) is 0. The Morgan fingerprint density at radius 2 is 1.91 bits per heavy atom. The molecule has 0 spiro atoms. The molecule has 2 aromatic heterocycles. The fourth-order valence-corrected chi connectivity index (χ4v) is 6.93. The van der Waals surface area contributed by atoms with Gasteiger partial charge in [0, 0.05) is 31.6 Å². The predicted octanol–water partition coefficient (Wildman–Crippen LogP) is 4.96. The van der Waals surface area contributed by atoms with Crippen LogP contribution in [0.15, 0.2) is 18.2 Å². The van der Waals surface area contributed by atoms with Crippen molar-refractivity contribution >= 4 is 22.5 Å². The number of anilines is 2. The Morgan fingerprint density at radius 3 is 2.62 bits per heavy atom. The largest absolute Gasteiger partial charge is 0.361 e. The summed E-state index contributed by atoms with van der Waals surface area (Å²) in [5.74, 6) is -1.29. The molecule has 6 rings (SSSR count). The zero-order valence-corrected chi connectivity index (χ0v) is 20.0. The molecular weight excluding hydrogens is 461 g/mol. The number of hydrogen-bond donors (Lipinski definition) is 1. The first kappa shape index (κ1) is 21.9. The summed E-state index contributed by atoms with van der Waals surface area (Å²) < 4.78 is 47.5. The Labute approximate surface area is 200 Å². The van der Waals surface area contributed by atoms with Crippen molar-refractivity contribution < 1.29 is 13.2 Å². The summed E-state index contributed by atoms with van der Waals surface area (Å²) in [5.41, 5.74) is 1.46. The van der Waals surface area contributed by atoms with Gasteiger partial charge in [0.2, 0.25) is 5.95 Å². The van der Waals surface area contributed by atoms with Crippen LogP contribution in [0.2, 0.25) is 0 Å². The maximum Gasteiger partial charge on any atom is 0.242 e. The summed E-state index contributed by atoms with van der Waals surface area (Å²) in [4.78, 5) is 7.23. The lowest BCUT2D eigenvalue weighted by Gasteiger charge is -2.39. The third kappa shape index (κ3) is 3.66. The van der Waals surface area contributed by atoms with Crippen molar-refractivity contribution in [2.24, 2.45) is 17.8 Å². The SMILES string of the molecule is Cc1cc(N2C[C@@H]3CC(C)[C@H](C2)[C@H]3Nc2nc3n(n2)CCCC3c2cc(F)c(F)c(F)c2)sn1. The van der Waals surface area contributed by atoms with Crippen molar-refractivity contribution in [3.63, 3.8) is 0 Å². The number of aromatic nitrogens is 4.